The molecule has 0 radical (unpaired) electrons. The molecule has 13 rings (SSSR count). The lowest BCUT2D eigenvalue weighted by Crippen LogP contribution is -2.11. The number of anilines is 3. The van der Waals surface area contributed by atoms with Gasteiger partial charge in [-0.2, -0.15) is 0 Å². The summed E-state index contributed by atoms with van der Waals surface area (Å²) in [4.78, 5) is 2.43. The maximum Gasteiger partial charge on any atom is 0.143 e. The van der Waals surface area contributed by atoms with Crippen molar-refractivity contribution in [2.24, 2.45) is 0 Å². The van der Waals surface area contributed by atoms with Gasteiger partial charge in [0.2, 0.25) is 0 Å². The van der Waals surface area contributed by atoms with E-state index in [1.54, 1.807) is 0 Å². The van der Waals surface area contributed by atoms with Crippen molar-refractivity contribution < 1.29 is 8.83 Å². The second-order valence-electron chi connectivity index (χ2n) is 16.8. The van der Waals surface area contributed by atoms with Gasteiger partial charge in [-0.15, -0.1) is 0 Å². The summed E-state index contributed by atoms with van der Waals surface area (Å²) in [6.07, 6.45) is 0. The van der Waals surface area contributed by atoms with Gasteiger partial charge in [0.05, 0.1) is 5.69 Å². The summed E-state index contributed by atoms with van der Waals surface area (Å²) in [6, 6.07) is 84.9. The fourth-order valence-corrected chi connectivity index (χ4v) is 10.1. The summed E-state index contributed by atoms with van der Waals surface area (Å²) in [6.45, 7) is 0. The Morgan fingerprint density at radius 3 is 1.66 bits per heavy atom. The Balaban J connectivity index is 1.04. The van der Waals surface area contributed by atoms with E-state index < -0.39 is 0 Å². The maximum atomic E-state index is 6.67. The third kappa shape index (κ3) is 6.12. The Hall–Kier alpha value is -8.66. The normalized spacial score (nSPS) is 11.7. The molecule has 0 aliphatic carbocycles. The van der Waals surface area contributed by atoms with Crippen LogP contribution in [0.4, 0.5) is 17.1 Å². The quantitative estimate of drug-likeness (QED) is 0.160. The molecule has 13 aromatic rings. The predicted octanol–water partition coefficient (Wildman–Crippen LogP) is 17.9. The molecule has 0 bridgehead atoms. The monoisotopic (exact) mass is 829 g/mol. The molecule has 0 amide bonds. The lowest BCUT2D eigenvalue weighted by atomic mass is 9.93. The third-order valence-corrected chi connectivity index (χ3v) is 13.1. The average molecular weight is 830 g/mol. The van der Waals surface area contributed by atoms with E-state index in [1.165, 1.54) is 21.7 Å². The van der Waals surface area contributed by atoms with Crippen LogP contribution in [0.5, 0.6) is 0 Å². The molecule has 0 atom stereocenters. The van der Waals surface area contributed by atoms with Crippen LogP contribution in [-0.4, -0.2) is 0 Å². The number of rotatable bonds is 7. The Morgan fingerprint density at radius 2 is 0.831 bits per heavy atom. The zero-order valence-electron chi connectivity index (χ0n) is 35.3. The van der Waals surface area contributed by atoms with E-state index in [2.05, 4.69) is 229 Å². The van der Waals surface area contributed by atoms with Gasteiger partial charge >= 0.3 is 0 Å². The van der Waals surface area contributed by atoms with Crippen LogP contribution in [-0.2, 0) is 0 Å². The van der Waals surface area contributed by atoms with Gasteiger partial charge in [0.15, 0.2) is 0 Å². The molecule has 2 aromatic heterocycles. The highest BCUT2D eigenvalue weighted by molar-refractivity contribution is 6.19. The van der Waals surface area contributed by atoms with E-state index in [1.807, 2.05) is 12.1 Å². The molecule has 11 aromatic carbocycles. The molecule has 0 fully saturated rings. The number of para-hydroxylation sites is 1. The van der Waals surface area contributed by atoms with Gasteiger partial charge in [-0.05, 0) is 110 Å². The van der Waals surface area contributed by atoms with E-state index in [0.717, 1.165) is 105 Å². The highest BCUT2D eigenvalue weighted by atomic mass is 16.3. The second kappa shape index (κ2) is 15.0. The van der Waals surface area contributed by atoms with Crippen molar-refractivity contribution in [2.45, 2.75) is 0 Å². The fourth-order valence-electron chi connectivity index (χ4n) is 10.1. The van der Waals surface area contributed by atoms with Gasteiger partial charge in [-0.25, -0.2) is 0 Å². The van der Waals surface area contributed by atoms with E-state index in [9.17, 15) is 0 Å². The van der Waals surface area contributed by atoms with Gasteiger partial charge in [-0.1, -0.05) is 182 Å². The van der Waals surface area contributed by atoms with Crippen molar-refractivity contribution in [1.29, 1.82) is 0 Å². The first-order valence-corrected chi connectivity index (χ1v) is 22.2. The van der Waals surface area contributed by atoms with Crippen LogP contribution in [0.3, 0.4) is 0 Å². The van der Waals surface area contributed by atoms with Crippen molar-refractivity contribution in [3.05, 3.63) is 237 Å². The van der Waals surface area contributed by atoms with Crippen LogP contribution in [0, 0.1) is 0 Å². The minimum atomic E-state index is 0.876. The number of hydrogen-bond acceptors (Lipinski definition) is 3. The molecule has 3 heteroatoms. The number of hydrogen-bond donors (Lipinski definition) is 0. The molecule has 2 heterocycles. The van der Waals surface area contributed by atoms with Crippen LogP contribution in [0.15, 0.2) is 245 Å². The van der Waals surface area contributed by atoms with Crippen LogP contribution in [0.1, 0.15) is 0 Å². The molecule has 0 saturated heterocycles. The summed E-state index contributed by atoms with van der Waals surface area (Å²) < 4.78 is 13.0. The first-order valence-electron chi connectivity index (χ1n) is 22.2. The van der Waals surface area contributed by atoms with Crippen molar-refractivity contribution in [1.82, 2.24) is 0 Å². The molecule has 0 aliphatic rings. The molecular formula is C62H39NO2. The molecule has 3 nitrogen and oxygen atoms in total. The summed E-state index contributed by atoms with van der Waals surface area (Å²) in [5.41, 5.74) is 15.9. The summed E-state index contributed by atoms with van der Waals surface area (Å²) in [7, 11) is 0. The van der Waals surface area contributed by atoms with E-state index >= 15 is 0 Å². The summed E-state index contributed by atoms with van der Waals surface area (Å²) >= 11 is 0. The SMILES string of the molecule is c1ccc(-c2ccc(-c3cccc4ccccc34)cc2N(c2ccc(-c3cccc4oc5ccccc5c34)cc2)c2cccc(-c3cccc4oc5c6ccccc6ccc5c34)c2)cc1. The van der Waals surface area contributed by atoms with Crippen LogP contribution < -0.4 is 4.90 Å². The zero-order valence-corrected chi connectivity index (χ0v) is 35.3. The lowest BCUT2D eigenvalue weighted by Gasteiger charge is -2.29. The van der Waals surface area contributed by atoms with Gasteiger partial charge in [0.1, 0.15) is 22.3 Å². The van der Waals surface area contributed by atoms with Crippen molar-refractivity contribution in [3.8, 4) is 44.5 Å². The largest absolute Gasteiger partial charge is 0.456 e. The van der Waals surface area contributed by atoms with Crippen LogP contribution in [0.25, 0.3) is 110 Å². The first-order chi connectivity index (χ1) is 32.2. The Kier molecular flexibility index (Phi) is 8.53. The van der Waals surface area contributed by atoms with Crippen LogP contribution in [0.2, 0.25) is 0 Å². The molecule has 0 N–H and O–H groups in total. The molecule has 304 valence electrons. The summed E-state index contributed by atoms with van der Waals surface area (Å²) in [5.74, 6) is 0. The zero-order chi connectivity index (χ0) is 42.8. The number of fused-ring (bicyclic) bond motifs is 9. The molecular weight excluding hydrogens is 791 g/mol. The highest BCUT2D eigenvalue weighted by Crippen LogP contribution is 2.47. The summed E-state index contributed by atoms with van der Waals surface area (Å²) in [5, 5.41) is 9.20. The van der Waals surface area contributed by atoms with Crippen molar-refractivity contribution >= 4 is 82.5 Å². The Labute approximate surface area is 375 Å². The molecule has 0 aliphatic heterocycles. The maximum absolute atomic E-state index is 6.67. The van der Waals surface area contributed by atoms with Crippen molar-refractivity contribution in [2.75, 3.05) is 4.90 Å². The fraction of sp³-hybridized carbons (Fsp3) is 0. The van der Waals surface area contributed by atoms with E-state index in [0.29, 0.717) is 0 Å². The number of nitrogens with zero attached hydrogens (tertiary/aromatic N) is 1. The topological polar surface area (TPSA) is 29.5 Å². The van der Waals surface area contributed by atoms with Gasteiger partial charge in [-0.3, -0.25) is 0 Å². The second-order valence-corrected chi connectivity index (χ2v) is 16.8. The smallest absolute Gasteiger partial charge is 0.143 e. The average Bonchev–Trinajstić information content (AvgIpc) is 3.96. The minimum Gasteiger partial charge on any atom is -0.456 e. The number of benzene rings is 11. The first kappa shape index (κ1) is 36.9. The van der Waals surface area contributed by atoms with Crippen LogP contribution >= 0.6 is 0 Å². The minimum absolute atomic E-state index is 0.876. The lowest BCUT2D eigenvalue weighted by molar-refractivity contribution is 0.669. The van der Waals surface area contributed by atoms with E-state index in [-0.39, 0.29) is 0 Å². The predicted molar refractivity (Wildman–Crippen MR) is 272 cm³/mol. The standard InChI is InChI=1S/C62H39NO2/c1-2-14-41(15-3-1)50-36-33-45(49-24-11-18-40-16-4-6-21-48(40)49)39-56(50)63(46-34-30-43(31-35-46)51-25-12-28-58-60(51)54-23-8-9-27-57(54)64-58)47-20-10-19-44(38-47)52-26-13-29-59-61(52)55-37-32-42-17-5-7-22-53(42)62(55)65-59/h1-39H. The molecule has 0 unspecified atom stereocenters. The van der Waals surface area contributed by atoms with Gasteiger partial charge < -0.3 is 13.7 Å². The molecule has 0 saturated carbocycles. The molecule has 0 spiro atoms. The Morgan fingerprint density at radius 1 is 0.277 bits per heavy atom. The highest BCUT2D eigenvalue weighted by Gasteiger charge is 2.22. The van der Waals surface area contributed by atoms with E-state index in [4.69, 9.17) is 8.83 Å². The van der Waals surface area contributed by atoms with Gasteiger partial charge in [0.25, 0.3) is 0 Å². The van der Waals surface area contributed by atoms with Gasteiger partial charge in [0, 0.05) is 43.9 Å². The number of furan rings is 2. The molecule has 65 heavy (non-hydrogen) atoms. The van der Waals surface area contributed by atoms with Crippen molar-refractivity contribution in [3.63, 3.8) is 0 Å². The third-order valence-electron chi connectivity index (χ3n) is 13.1. The Bertz CT molecular complexity index is 3950.